The quantitative estimate of drug-likeness (QED) is 0.0323. The van der Waals surface area contributed by atoms with Crippen molar-refractivity contribution >= 4 is 48.0 Å². The molecular formula is C66H96O12. The fourth-order valence-corrected chi connectivity index (χ4v) is 11.6. The second-order valence-corrected chi connectivity index (χ2v) is 23.6. The first-order valence-corrected chi connectivity index (χ1v) is 30.2. The molecule has 1 atom stereocenters. The molecule has 0 radical (unpaired) electrons. The first kappa shape index (κ1) is 63.6. The number of aryl methyl sites for hydroxylation is 1. The summed E-state index contributed by atoms with van der Waals surface area (Å²) in [6, 6.07) is 12.7. The van der Waals surface area contributed by atoms with Gasteiger partial charge >= 0.3 is 35.8 Å². The van der Waals surface area contributed by atoms with Crippen LogP contribution in [-0.4, -0.2) is 62.2 Å². The van der Waals surface area contributed by atoms with Gasteiger partial charge in [0.2, 0.25) is 0 Å². The lowest BCUT2D eigenvalue weighted by atomic mass is 9.69. The Labute approximate surface area is 467 Å². The Morgan fingerprint density at radius 1 is 0.538 bits per heavy atom. The van der Waals surface area contributed by atoms with Crippen molar-refractivity contribution in [1.29, 1.82) is 0 Å². The number of ether oxygens (including phenoxy) is 6. The molecule has 0 aromatic heterocycles. The first-order valence-electron chi connectivity index (χ1n) is 30.2. The van der Waals surface area contributed by atoms with E-state index in [0.717, 1.165) is 110 Å². The van der Waals surface area contributed by atoms with Gasteiger partial charge in [-0.2, -0.15) is 0 Å². The average molecular weight is 1080 g/mol. The van der Waals surface area contributed by atoms with Crippen LogP contribution in [0.15, 0.2) is 54.6 Å². The minimum atomic E-state index is -0.547. The molecule has 0 N–H and O–H groups in total. The molecule has 0 bridgehead atoms. The predicted octanol–water partition coefficient (Wildman–Crippen LogP) is 15.0. The lowest BCUT2D eigenvalue weighted by molar-refractivity contribution is -0.158. The summed E-state index contributed by atoms with van der Waals surface area (Å²) in [4.78, 5) is 73.2. The molecule has 2 aromatic carbocycles. The third kappa shape index (κ3) is 21.4. The normalized spacial score (nSPS) is 24.0. The Balaban J connectivity index is 0.000000287. The SMILES string of the molecule is CCC1CCC(C2CCC(C(=O)Oc3ccc(/C=C/C(=O)OCCCCOC(=O)C(C)CC)cc3)CC2)CC1.CCC1CCC(C2CCC(C(=O)Oc3ccc(/C=C/C(=O)OCCOC(=O)C(C)(C)CC)cc3C)CC2)CC1. The summed E-state index contributed by atoms with van der Waals surface area (Å²) in [5, 5.41) is 0. The number of esters is 6. The molecule has 4 saturated carbocycles. The van der Waals surface area contributed by atoms with Gasteiger partial charge in [-0.15, -0.1) is 0 Å². The van der Waals surface area contributed by atoms with Crippen molar-refractivity contribution in [2.45, 2.75) is 197 Å². The van der Waals surface area contributed by atoms with Crippen molar-refractivity contribution < 1.29 is 57.2 Å². The predicted molar refractivity (Wildman–Crippen MR) is 306 cm³/mol. The Bertz CT molecular complexity index is 2230. The van der Waals surface area contributed by atoms with Crippen LogP contribution in [-0.2, 0) is 47.7 Å². The van der Waals surface area contributed by atoms with E-state index >= 15 is 0 Å². The molecule has 6 rings (SSSR count). The molecule has 4 aliphatic carbocycles. The maximum absolute atomic E-state index is 12.9. The number of hydrogen-bond acceptors (Lipinski definition) is 12. The third-order valence-electron chi connectivity index (χ3n) is 17.9. The van der Waals surface area contributed by atoms with Crippen molar-refractivity contribution in [3.05, 3.63) is 71.3 Å². The van der Waals surface area contributed by atoms with Crippen molar-refractivity contribution in [3.8, 4) is 11.5 Å². The summed E-state index contributed by atoms with van der Waals surface area (Å²) in [6.07, 6.45) is 30.7. The Morgan fingerprint density at radius 2 is 0.974 bits per heavy atom. The molecule has 432 valence electrons. The third-order valence-corrected chi connectivity index (χ3v) is 17.9. The molecule has 12 heteroatoms. The highest BCUT2D eigenvalue weighted by molar-refractivity contribution is 5.88. The standard InChI is InChI=1S/2C33H48O6/c1-6-24-8-12-26(13-9-24)27-14-16-28(17-15-27)31(35)39-29-18-10-25(22-23(29)3)11-19-30(34)37-20-21-38-32(36)33(4,5)7-2;1-4-24(3)32(35)38-23-7-6-22-37-31(34)21-12-26-10-19-30(20-11-26)39-33(36)29-17-15-28(16-18-29)27-13-8-25(5-2)9-14-27/h10-11,18-19,22,24,26-28H,6-9,12-17,20-21H2,1-5H3;10-12,19-21,24-25,27-29H,4-9,13-18,22-23H2,1-3H3/b19-11+;21-12+. The number of hydrogen-bond donors (Lipinski definition) is 0. The molecule has 0 heterocycles. The zero-order valence-electron chi connectivity index (χ0n) is 48.8. The molecule has 4 fully saturated rings. The molecule has 4 aliphatic rings. The Hall–Kier alpha value is -5.26. The molecule has 2 aromatic rings. The van der Waals surface area contributed by atoms with Gasteiger partial charge in [0.1, 0.15) is 24.7 Å². The largest absolute Gasteiger partial charge is 0.465 e. The zero-order valence-corrected chi connectivity index (χ0v) is 48.8. The lowest BCUT2D eigenvalue weighted by Crippen LogP contribution is -2.30. The highest BCUT2D eigenvalue weighted by Crippen LogP contribution is 2.44. The van der Waals surface area contributed by atoms with Crippen molar-refractivity contribution in [2.24, 2.45) is 58.7 Å². The topological polar surface area (TPSA) is 158 Å². The average Bonchev–Trinajstić information content (AvgIpc) is 3.47. The zero-order chi connectivity index (χ0) is 56.5. The molecule has 78 heavy (non-hydrogen) atoms. The van der Waals surface area contributed by atoms with E-state index in [1.165, 1.54) is 76.4 Å². The fraction of sp³-hybridized carbons (Fsp3) is 0.667. The van der Waals surface area contributed by atoms with Gasteiger partial charge in [-0.1, -0.05) is 91.3 Å². The van der Waals surface area contributed by atoms with Gasteiger partial charge < -0.3 is 28.4 Å². The fourth-order valence-electron chi connectivity index (χ4n) is 11.6. The van der Waals surface area contributed by atoms with Crippen molar-refractivity contribution in [2.75, 3.05) is 26.4 Å². The van der Waals surface area contributed by atoms with Crippen LogP contribution >= 0.6 is 0 Å². The van der Waals surface area contributed by atoms with Crippen LogP contribution in [0.25, 0.3) is 12.2 Å². The second-order valence-electron chi connectivity index (χ2n) is 23.6. The van der Waals surface area contributed by atoms with Crippen LogP contribution in [0.1, 0.15) is 206 Å². The van der Waals surface area contributed by atoms with E-state index in [1.807, 2.05) is 65.8 Å². The number of rotatable bonds is 24. The van der Waals surface area contributed by atoms with Gasteiger partial charge in [0.15, 0.2) is 0 Å². The van der Waals surface area contributed by atoms with Crippen LogP contribution in [0, 0.1) is 65.6 Å². The highest BCUT2D eigenvalue weighted by Gasteiger charge is 2.35. The summed E-state index contributed by atoms with van der Waals surface area (Å²) >= 11 is 0. The van der Waals surface area contributed by atoms with E-state index in [1.54, 1.807) is 30.4 Å². The number of carbonyl (C=O) groups excluding carboxylic acids is 6. The van der Waals surface area contributed by atoms with Crippen LogP contribution in [0.5, 0.6) is 11.5 Å². The Kier molecular flexibility index (Phi) is 27.2. The van der Waals surface area contributed by atoms with E-state index in [-0.39, 0.29) is 61.5 Å². The molecule has 1 unspecified atom stereocenters. The van der Waals surface area contributed by atoms with Crippen molar-refractivity contribution in [3.63, 3.8) is 0 Å². The van der Waals surface area contributed by atoms with Gasteiger partial charge in [0.25, 0.3) is 0 Å². The Morgan fingerprint density at radius 3 is 1.45 bits per heavy atom. The van der Waals surface area contributed by atoms with E-state index in [2.05, 4.69) is 13.8 Å². The first-order chi connectivity index (χ1) is 37.5. The number of benzene rings is 2. The summed E-state index contributed by atoms with van der Waals surface area (Å²) in [5.41, 5.74) is 1.92. The monoisotopic (exact) mass is 1080 g/mol. The maximum Gasteiger partial charge on any atom is 0.330 e. The van der Waals surface area contributed by atoms with Crippen LogP contribution < -0.4 is 9.47 Å². The lowest BCUT2D eigenvalue weighted by Gasteiger charge is -2.37. The molecule has 0 aliphatic heterocycles. The highest BCUT2D eigenvalue weighted by atomic mass is 16.6. The summed E-state index contributed by atoms with van der Waals surface area (Å²) in [6.45, 7) is 16.5. The minimum absolute atomic E-state index is 0.00448. The van der Waals surface area contributed by atoms with E-state index in [9.17, 15) is 28.8 Å². The summed E-state index contributed by atoms with van der Waals surface area (Å²) < 4.78 is 32.2. The smallest absolute Gasteiger partial charge is 0.330 e. The minimum Gasteiger partial charge on any atom is -0.465 e. The van der Waals surface area contributed by atoms with Gasteiger partial charge in [0, 0.05) is 12.2 Å². The molecular weight excluding hydrogens is 985 g/mol. The van der Waals surface area contributed by atoms with Gasteiger partial charge in [0.05, 0.1) is 36.4 Å². The molecule has 0 spiro atoms. The number of carbonyl (C=O) groups is 6. The van der Waals surface area contributed by atoms with E-state index in [0.29, 0.717) is 37.4 Å². The van der Waals surface area contributed by atoms with Crippen LogP contribution in [0.4, 0.5) is 0 Å². The van der Waals surface area contributed by atoms with E-state index in [4.69, 9.17) is 28.4 Å². The van der Waals surface area contributed by atoms with Crippen LogP contribution in [0.3, 0.4) is 0 Å². The number of unbranched alkanes of at least 4 members (excludes halogenated alkanes) is 1. The van der Waals surface area contributed by atoms with Crippen molar-refractivity contribution in [1.82, 2.24) is 0 Å². The molecule has 12 nitrogen and oxygen atoms in total. The summed E-state index contributed by atoms with van der Waals surface area (Å²) in [5.74, 6) is 4.45. The van der Waals surface area contributed by atoms with Crippen LogP contribution in [0.2, 0.25) is 0 Å². The maximum atomic E-state index is 12.9. The van der Waals surface area contributed by atoms with Gasteiger partial charge in [-0.05, 0) is 212 Å². The summed E-state index contributed by atoms with van der Waals surface area (Å²) in [7, 11) is 0. The molecule has 0 amide bonds. The van der Waals surface area contributed by atoms with Gasteiger partial charge in [-0.3, -0.25) is 19.2 Å². The molecule has 0 saturated heterocycles. The van der Waals surface area contributed by atoms with Gasteiger partial charge in [-0.25, -0.2) is 9.59 Å². The van der Waals surface area contributed by atoms with E-state index < -0.39 is 17.4 Å². The second kappa shape index (κ2) is 33.4.